The summed E-state index contributed by atoms with van der Waals surface area (Å²) in [5.41, 5.74) is 3.49. The summed E-state index contributed by atoms with van der Waals surface area (Å²) in [7, 11) is 0. The van der Waals surface area contributed by atoms with Gasteiger partial charge in [0.2, 0.25) is 5.91 Å². The number of para-hydroxylation sites is 1. The second-order valence-corrected chi connectivity index (χ2v) is 7.74. The maximum atomic E-state index is 12.8. The highest BCUT2D eigenvalue weighted by Crippen LogP contribution is 2.29. The molecule has 4 rings (SSSR count). The highest BCUT2D eigenvalue weighted by molar-refractivity contribution is 8.00. The second kappa shape index (κ2) is 7.52. The van der Waals surface area contributed by atoms with Gasteiger partial charge in [-0.25, -0.2) is 0 Å². The van der Waals surface area contributed by atoms with E-state index in [2.05, 4.69) is 28.5 Å². The predicted octanol–water partition coefficient (Wildman–Crippen LogP) is 4.41. The Kier molecular flexibility index (Phi) is 4.92. The number of fused-ring (bicyclic) bond motifs is 3. The first kappa shape index (κ1) is 18.3. The number of thioether (sulfide) groups is 1. The van der Waals surface area contributed by atoms with Crippen LogP contribution in [0.25, 0.3) is 16.6 Å². The Balaban J connectivity index is 1.66. The van der Waals surface area contributed by atoms with Crippen molar-refractivity contribution >= 4 is 39.9 Å². The van der Waals surface area contributed by atoms with Crippen LogP contribution in [0.15, 0.2) is 59.8 Å². The molecule has 0 bridgehead atoms. The number of aryl methyl sites for hydroxylation is 1. The molecular formula is C21H20N4O2S. The standard InChI is InChI=1S/C21H20N4O2S/c1-3-18(20(27)22-14-7-6-8-15(26)12-14)28-21-24-23-19-11-13(2)16-9-4-5-10-17(16)25(19)21/h4-12,18,26H,3H2,1-2H3,(H,22,27). The van der Waals surface area contributed by atoms with Gasteiger partial charge < -0.3 is 10.4 Å². The monoisotopic (exact) mass is 392 g/mol. The van der Waals surface area contributed by atoms with Crippen LogP contribution in [0.4, 0.5) is 5.69 Å². The maximum absolute atomic E-state index is 12.8. The van der Waals surface area contributed by atoms with Crippen LogP contribution in [-0.2, 0) is 4.79 Å². The Morgan fingerprint density at radius 1 is 1.18 bits per heavy atom. The van der Waals surface area contributed by atoms with Gasteiger partial charge in [-0.3, -0.25) is 9.20 Å². The molecule has 6 nitrogen and oxygen atoms in total. The third-order valence-corrected chi connectivity index (χ3v) is 5.91. The Morgan fingerprint density at radius 2 is 2.00 bits per heavy atom. The molecule has 0 radical (unpaired) electrons. The molecule has 142 valence electrons. The highest BCUT2D eigenvalue weighted by atomic mass is 32.2. The smallest absolute Gasteiger partial charge is 0.237 e. The van der Waals surface area contributed by atoms with Crippen LogP contribution >= 0.6 is 11.8 Å². The van der Waals surface area contributed by atoms with E-state index in [0.29, 0.717) is 17.3 Å². The van der Waals surface area contributed by atoms with E-state index in [-0.39, 0.29) is 16.9 Å². The zero-order valence-electron chi connectivity index (χ0n) is 15.6. The number of aromatic hydroxyl groups is 1. The van der Waals surface area contributed by atoms with Crippen molar-refractivity contribution in [1.82, 2.24) is 14.6 Å². The van der Waals surface area contributed by atoms with Gasteiger partial charge >= 0.3 is 0 Å². The Morgan fingerprint density at radius 3 is 2.79 bits per heavy atom. The average Bonchev–Trinajstić information content (AvgIpc) is 3.09. The van der Waals surface area contributed by atoms with E-state index in [1.54, 1.807) is 18.2 Å². The van der Waals surface area contributed by atoms with E-state index in [1.165, 1.54) is 17.8 Å². The number of aromatic nitrogens is 3. The third kappa shape index (κ3) is 3.41. The fourth-order valence-electron chi connectivity index (χ4n) is 3.21. The number of carbonyl (C=O) groups is 1. The lowest BCUT2D eigenvalue weighted by Crippen LogP contribution is -2.24. The molecule has 4 aromatic rings. The van der Waals surface area contributed by atoms with E-state index in [9.17, 15) is 9.90 Å². The van der Waals surface area contributed by atoms with Gasteiger partial charge in [-0.1, -0.05) is 43.0 Å². The largest absolute Gasteiger partial charge is 0.508 e. The van der Waals surface area contributed by atoms with Gasteiger partial charge in [0.15, 0.2) is 10.8 Å². The minimum Gasteiger partial charge on any atom is -0.508 e. The molecule has 28 heavy (non-hydrogen) atoms. The molecule has 2 heterocycles. The summed E-state index contributed by atoms with van der Waals surface area (Å²) in [6.45, 7) is 4.02. The number of anilines is 1. The van der Waals surface area contributed by atoms with Crippen molar-refractivity contribution in [1.29, 1.82) is 0 Å². The highest BCUT2D eigenvalue weighted by Gasteiger charge is 2.22. The summed E-state index contributed by atoms with van der Waals surface area (Å²) in [6, 6.07) is 16.7. The molecule has 2 aromatic carbocycles. The first-order chi connectivity index (χ1) is 13.6. The molecular weight excluding hydrogens is 372 g/mol. The summed E-state index contributed by atoms with van der Waals surface area (Å²) >= 11 is 1.39. The van der Waals surface area contributed by atoms with Gasteiger partial charge in [-0.2, -0.15) is 0 Å². The normalized spacial score (nSPS) is 12.4. The van der Waals surface area contributed by atoms with Gasteiger partial charge in [0, 0.05) is 17.1 Å². The van der Waals surface area contributed by atoms with Gasteiger partial charge in [-0.05, 0) is 43.2 Å². The number of phenols is 1. The molecule has 0 aliphatic carbocycles. The van der Waals surface area contributed by atoms with Crippen molar-refractivity contribution in [3.8, 4) is 5.75 Å². The second-order valence-electron chi connectivity index (χ2n) is 6.58. The molecule has 2 N–H and O–H groups in total. The molecule has 1 amide bonds. The molecule has 1 unspecified atom stereocenters. The van der Waals surface area contributed by atoms with Crippen molar-refractivity contribution < 1.29 is 9.90 Å². The number of pyridine rings is 1. The van der Waals surface area contributed by atoms with Crippen LogP contribution < -0.4 is 5.32 Å². The molecule has 0 spiro atoms. The number of amides is 1. The van der Waals surface area contributed by atoms with E-state index in [0.717, 1.165) is 22.1 Å². The van der Waals surface area contributed by atoms with Crippen molar-refractivity contribution in [2.75, 3.05) is 5.32 Å². The van der Waals surface area contributed by atoms with Gasteiger partial charge in [0.05, 0.1) is 10.8 Å². The van der Waals surface area contributed by atoms with Gasteiger partial charge in [0.1, 0.15) is 5.75 Å². The lowest BCUT2D eigenvalue weighted by atomic mass is 10.1. The first-order valence-electron chi connectivity index (χ1n) is 9.07. The minimum atomic E-state index is -0.338. The van der Waals surface area contributed by atoms with Crippen LogP contribution in [0.2, 0.25) is 0 Å². The zero-order valence-corrected chi connectivity index (χ0v) is 16.4. The average molecular weight is 392 g/mol. The summed E-state index contributed by atoms with van der Waals surface area (Å²) < 4.78 is 2.00. The predicted molar refractivity (Wildman–Crippen MR) is 112 cm³/mol. The van der Waals surface area contributed by atoms with Crippen LogP contribution in [0.3, 0.4) is 0 Å². The fraction of sp³-hybridized carbons (Fsp3) is 0.190. The lowest BCUT2D eigenvalue weighted by Gasteiger charge is -2.14. The number of rotatable bonds is 5. The van der Waals surface area contributed by atoms with E-state index < -0.39 is 0 Å². The number of nitrogens with zero attached hydrogens (tertiary/aromatic N) is 3. The van der Waals surface area contributed by atoms with Crippen LogP contribution in [0.1, 0.15) is 18.9 Å². The van der Waals surface area contributed by atoms with Gasteiger partial charge in [0.25, 0.3) is 0 Å². The molecule has 1 atom stereocenters. The molecule has 0 aliphatic heterocycles. The first-order valence-corrected chi connectivity index (χ1v) is 9.95. The summed E-state index contributed by atoms with van der Waals surface area (Å²) in [6.07, 6.45) is 0.633. The quantitative estimate of drug-likeness (QED) is 0.492. The Hall–Kier alpha value is -3.06. The third-order valence-electron chi connectivity index (χ3n) is 4.60. The van der Waals surface area contributed by atoms with Crippen molar-refractivity contribution in [2.45, 2.75) is 30.7 Å². The number of hydrogen-bond acceptors (Lipinski definition) is 5. The molecule has 0 saturated heterocycles. The molecule has 0 aliphatic rings. The number of carbonyl (C=O) groups excluding carboxylic acids is 1. The Labute approximate surface area is 166 Å². The Bertz CT molecular complexity index is 1170. The van der Waals surface area contributed by atoms with Crippen LogP contribution in [0.5, 0.6) is 5.75 Å². The number of nitrogens with one attached hydrogen (secondary N) is 1. The molecule has 7 heteroatoms. The van der Waals surface area contributed by atoms with Gasteiger partial charge in [-0.15, -0.1) is 10.2 Å². The lowest BCUT2D eigenvalue weighted by molar-refractivity contribution is -0.115. The van der Waals surface area contributed by atoms with Crippen molar-refractivity contribution in [3.05, 3.63) is 60.2 Å². The van der Waals surface area contributed by atoms with E-state index in [1.807, 2.05) is 35.6 Å². The number of phenolic OH excluding ortho intramolecular Hbond substituents is 1. The summed E-state index contributed by atoms with van der Waals surface area (Å²) in [5.74, 6) is -0.0185. The summed E-state index contributed by atoms with van der Waals surface area (Å²) in [4.78, 5) is 12.8. The topological polar surface area (TPSA) is 79.5 Å². The maximum Gasteiger partial charge on any atom is 0.237 e. The molecule has 0 fully saturated rings. The fourth-order valence-corrected chi connectivity index (χ4v) is 4.18. The van der Waals surface area contributed by atoms with Crippen molar-refractivity contribution in [2.24, 2.45) is 0 Å². The zero-order chi connectivity index (χ0) is 19.7. The number of benzene rings is 2. The SMILES string of the molecule is CCC(Sc1nnc2cc(C)c3ccccc3n12)C(=O)Nc1cccc(O)c1. The van der Waals surface area contributed by atoms with Crippen LogP contribution in [0, 0.1) is 6.92 Å². The van der Waals surface area contributed by atoms with Crippen LogP contribution in [-0.4, -0.2) is 30.9 Å². The minimum absolute atomic E-state index is 0.115. The van der Waals surface area contributed by atoms with Crippen molar-refractivity contribution in [3.63, 3.8) is 0 Å². The molecule has 2 aromatic heterocycles. The van der Waals surface area contributed by atoms with E-state index >= 15 is 0 Å². The van der Waals surface area contributed by atoms with E-state index in [4.69, 9.17) is 0 Å². The summed E-state index contributed by atoms with van der Waals surface area (Å²) in [5, 5.41) is 22.6. The number of hydrogen-bond donors (Lipinski definition) is 2. The molecule has 0 saturated carbocycles.